The molecule has 0 atom stereocenters. The first-order valence-corrected chi connectivity index (χ1v) is 51.4. The van der Waals surface area contributed by atoms with Crippen LogP contribution in [0.15, 0.2) is 447 Å². The number of hydrogen-bond donors (Lipinski definition) is 0. The molecule has 0 saturated heterocycles. The van der Waals surface area contributed by atoms with Gasteiger partial charge in [-0.05, 0) is 161 Å². The number of aromatic nitrogens is 9. The van der Waals surface area contributed by atoms with Crippen LogP contribution in [0.1, 0.15) is 25.0 Å². The lowest BCUT2D eigenvalue weighted by molar-refractivity contribution is 0.661. The van der Waals surface area contributed by atoms with Crippen LogP contribution in [-0.2, 0) is 5.41 Å². The molecule has 143 heavy (non-hydrogen) atoms. The molecule has 0 N–H and O–H groups in total. The summed E-state index contributed by atoms with van der Waals surface area (Å²) in [5, 5.41) is 19.4. The molecule has 0 radical (unpaired) electrons. The van der Waals surface area contributed by atoms with E-state index in [4.69, 9.17) is 34.3 Å². The van der Waals surface area contributed by atoms with Crippen molar-refractivity contribution < 1.29 is 4.42 Å². The highest BCUT2D eigenvalue weighted by atomic mass is 32.1. The fraction of sp³-hybridized carbons (Fsp3) is 0.0233. The van der Waals surface area contributed by atoms with Gasteiger partial charge < -0.3 is 4.42 Å². The summed E-state index contributed by atoms with van der Waals surface area (Å²) in [7, 11) is 0. The molecule has 0 bridgehead atoms. The molecule has 0 fully saturated rings. The summed E-state index contributed by atoms with van der Waals surface area (Å²) >= 11 is 7.33. The number of furan rings is 1. The smallest absolute Gasteiger partial charge is 0.162 e. The van der Waals surface area contributed by atoms with E-state index >= 15 is 0 Å². The van der Waals surface area contributed by atoms with E-state index in [1.54, 1.807) is 0 Å². The number of nitrogens with zero attached hydrogens (tertiary/aromatic N) is 9. The third kappa shape index (κ3) is 13.5. The van der Waals surface area contributed by atoms with E-state index in [0.29, 0.717) is 5.82 Å². The van der Waals surface area contributed by atoms with Crippen LogP contribution in [0.3, 0.4) is 0 Å². The van der Waals surface area contributed by atoms with Crippen molar-refractivity contribution in [1.82, 2.24) is 43.6 Å². The van der Waals surface area contributed by atoms with Gasteiger partial charge in [-0.2, -0.15) is 0 Å². The van der Waals surface area contributed by atoms with Crippen LogP contribution in [0.5, 0.6) is 0 Å². The molecular formula is C129H79N9OS4. The zero-order chi connectivity index (χ0) is 94.2. The summed E-state index contributed by atoms with van der Waals surface area (Å²) < 4.78 is 23.5. The Kier molecular flexibility index (Phi) is 19.0. The minimum atomic E-state index is -0.0731. The van der Waals surface area contributed by atoms with Crippen molar-refractivity contribution in [3.05, 3.63) is 454 Å². The molecule has 0 amide bonds. The zero-order valence-corrected chi connectivity index (χ0v) is 80.5. The first-order valence-electron chi connectivity index (χ1n) is 48.2. The van der Waals surface area contributed by atoms with Crippen molar-refractivity contribution in [2.24, 2.45) is 0 Å². The van der Waals surface area contributed by atoms with Gasteiger partial charge in [0.1, 0.15) is 28.6 Å². The Morgan fingerprint density at radius 3 is 1.11 bits per heavy atom. The summed E-state index contributed by atoms with van der Waals surface area (Å²) in [5.74, 6) is 4.68. The number of benzene rings is 19. The predicted molar refractivity (Wildman–Crippen MR) is 604 cm³/mol. The van der Waals surface area contributed by atoms with Crippen molar-refractivity contribution >= 4 is 213 Å². The molecule has 30 aromatic rings. The van der Waals surface area contributed by atoms with Crippen molar-refractivity contribution in [2.45, 2.75) is 19.3 Å². The third-order valence-electron chi connectivity index (χ3n) is 28.9. The summed E-state index contributed by atoms with van der Waals surface area (Å²) in [6, 6.07) is 158. The van der Waals surface area contributed by atoms with E-state index in [2.05, 4.69) is 452 Å². The molecule has 11 aromatic heterocycles. The number of para-hydroxylation sites is 4. The van der Waals surface area contributed by atoms with Gasteiger partial charge in [0.05, 0.1) is 50.2 Å². The molecule has 14 heteroatoms. The highest BCUT2D eigenvalue weighted by molar-refractivity contribution is 7.27. The predicted octanol–water partition coefficient (Wildman–Crippen LogP) is 36.1. The standard InChI is InChI=1S/C46H27N3S2.C43H29N3S.C40H23N3OS/c1-2-11-28(12-3-1)29-21-23-30(24-22-29)37-27-44(48-46(47-37)34-16-10-20-42-45(34)33-15-6-9-19-41(33)50-42)49-38-17-7-4-13-31(38)35-26-43-36(25-39(35)49)32-14-5-8-18-40(32)51-43;1-43(2)34-17-9-6-14-28(34)31-24-38-32(23-35(31)43)29-15-7-10-18-37(29)46(38)41-25-36(26-12-4-3-5-13-26)44-42(45-41)27-20-21-40-33(22-27)30-16-8-11-19-39(30)47-40;1-2-10-24(11-3-1)32-23-39(42-40(41-32)25-18-19-38-31(20-25)28-14-6-9-17-37(28)45-38)43-33-15-7-4-12-26(33)29-22-36-30(21-34(29)43)27-13-5-8-16-35(27)44-36/h1-27H;3-25H,1-2H3;1-23H. The van der Waals surface area contributed by atoms with E-state index in [-0.39, 0.29) is 5.41 Å². The number of fused-ring (bicyclic) bond motifs is 27. The van der Waals surface area contributed by atoms with E-state index in [1.807, 2.05) is 63.5 Å². The van der Waals surface area contributed by atoms with Crippen LogP contribution in [0.25, 0.3) is 276 Å². The van der Waals surface area contributed by atoms with Crippen LogP contribution in [0.4, 0.5) is 0 Å². The van der Waals surface area contributed by atoms with Gasteiger partial charge in [-0.15, -0.1) is 45.3 Å². The van der Waals surface area contributed by atoms with Gasteiger partial charge in [0.2, 0.25) is 0 Å². The molecule has 0 aliphatic heterocycles. The second-order valence-corrected chi connectivity index (χ2v) is 41.8. The fourth-order valence-electron chi connectivity index (χ4n) is 22.1. The Morgan fingerprint density at radius 2 is 0.559 bits per heavy atom. The molecule has 19 aromatic carbocycles. The largest absolute Gasteiger partial charge is 0.456 e. The van der Waals surface area contributed by atoms with Crippen LogP contribution in [-0.4, -0.2) is 43.6 Å². The molecule has 0 spiro atoms. The molecule has 10 nitrogen and oxygen atoms in total. The van der Waals surface area contributed by atoms with Crippen molar-refractivity contribution in [1.29, 1.82) is 0 Å². The summed E-state index contributed by atoms with van der Waals surface area (Å²) in [4.78, 5) is 31.8. The second kappa shape index (κ2) is 32.8. The van der Waals surface area contributed by atoms with Crippen LogP contribution < -0.4 is 0 Å². The maximum absolute atomic E-state index is 6.30. The Bertz CT molecular complexity index is 10500. The van der Waals surface area contributed by atoms with Gasteiger partial charge in [-0.25, -0.2) is 29.9 Å². The van der Waals surface area contributed by atoms with E-state index in [0.717, 1.165) is 145 Å². The van der Waals surface area contributed by atoms with E-state index < -0.39 is 0 Å². The highest BCUT2D eigenvalue weighted by Gasteiger charge is 2.37. The van der Waals surface area contributed by atoms with Crippen molar-refractivity contribution in [3.8, 4) is 108 Å². The highest BCUT2D eigenvalue weighted by Crippen LogP contribution is 2.53. The van der Waals surface area contributed by atoms with E-state index in [1.165, 1.54) is 136 Å². The monoisotopic (exact) mass is 1900 g/mol. The summed E-state index contributed by atoms with van der Waals surface area (Å²) in [6.45, 7) is 4.69. The van der Waals surface area contributed by atoms with Crippen LogP contribution in [0.2, 0.25) is 0 Å². The zero-order valence-electron chi connectivity index (χ0n) is 77.2. The van der Waals surface area contributed by atoms with Crippen molar-refractivity contribution in [3.63, 3.8) is 0 Å². The quantitative estimate of drug-likeness (QED) is 0.134. The molecular weight excluding hydrogens is 1820 g/mol. The van der Waals surface area contributed by atoms with Gasteiger partial charge in [-0.3, -0.25) is 13.7 Å². The topological polar surface area (TPSA) is 105 Å². The number of thiophene rings is 4. The number of hydrogen-bond acceptors (Lipinski definition) is 11. The van der Waals surface area contributed by atoms with Gasteiger partial charge >= 0.3 is 0 Å². The summed E-state index contributed by atoms with van der Waals surface area (Å²) in [6.07, 6.45) is 0. The van der Waals surface area contributed by atoms with Gasteiger partial charge in [-0.1, -0.05) is 311 Å². The molecule has 11 heterocycles. The van der Waals surface area contributed by atoms with Gasteiger partial charge in [0, 0.05) is 181 Å². The van der Waals surface area contributed by atoms with Gasteiger partial charge in [0.15, 0.2) is 17.5 Å². The SMILES string of the molecule is CC1(C)c2ccccc2-c2cc3c(cc21)c1ccccc1n3-c1cc(-c2ccccc2)nc(-c2ccc3sc4ccccc4c3c2)n1.c1ccc(-c2cc(-n3c4ccccc4c4cc5oc6ccccc6c5cc43)nc(-c3ccc4sc5ccccc5c4c3)n2)cc1.c1ccc(-c2ccc(-c3cc(-n4c5ccccc5c5cc6sc7ccccc7c6cc54)nc(-c4cccc5sc6ccccc6c45)n3)cc2)cc1. The molecule has 1 aliphatic carbocycles. The minimum absolute atomic E-state index is 0.0731. The lowest BCUT2D eigenvalue weighted by Gasteiger charge is -2.21. The molecule has 0 unspecified atom stereocenters. The maximum Gasteiger partial charge on any atom is 0.162 e. The van der Waals surface area contributed by atoms with Crippen molar-refractivity contribution in [2.75, 3.05) is 0 Å². The Hall–Kier alpha value is -17.5. The molecule has 31 rings (SSSR count). The number of rotatable bonds is 10. The first kappa shape index (κ1) is 82.6. The first-order chi connectivity index (χ1) is 70.6. The van der Waals surface area contributed by atoms with Crippen LogP contribution in [0, 0.1) is 0 Å². The minimum Gasteiger partial charge on any atom is -0.456 e. The summed E-state index contributed by atoms with van der Waals surface area (Å²) in [5.41, 5.74) is 25.1. The van der Waals surface area contributed by atoms with Crippen LogP contribution >= 0.6 is 45.3 Å². The maximum atomic E-state index is 6.30. The second-order valence-electron chi connectivity index (χ2n) is 37.4. The lowest BCUT2D eigenvalue weighted by atomic mass is 9.82. The molecule has 670 valence electrons. The van der Waals surface area contributed by atoms with Gasteiger partial charge in [0.25, 0.3) is 0 Å². The molecule has 0 saturated carbocycles. The molecule has 1 aliphatic rings. The third-order valence-corrected chi connectivity index (χ3v) is 33.5. The Labute approximate surface area is 835 Å². The lowest BCUT2D eigenvalue weighted by Crippen LogP contribution is -2.14. The normalized spacial score (nSPS) is 12.5. The average Bonchev–Trinajstić information content (AvgIpc) is 1.55. The average molecular weight is 1900 g/mol. The van der Waals surface area contributed by atoms with E-state index in [9.17, 15) is 0 Å². The Balaban J connectivity index is 0.000000102. The Morgan fingerprint density at radius 1 is 0.196 bits per heavy atom. The fourth-order valence-corrected chi connectivity index (χ4v) is 26.6.